The molecule has 1 atom stereocenters. The molecule has 176 valence electrons. The highest BCUT2D eigenvalue weighted by Crippen LogP contribution is 2.53. The van der Waals surface area contributed by atoms with E-state index >= 15 is 0 Å². The number of benzene rings is 1. The Kier molecular flexibility index (Phi) is 5.15. The van der Waals surface area contributed by atoms with Crippen molar-refractivity contribution >= 4 is 11.3 Å². The van der Waals surface area contributed by atoms with E-state index < -0.39 is 0 Å². The summed E-state index contributed by atoms with van der Waals surface area (Å²) in [6, 6.07) is 7.11. The predicted octanol–water partition coefficient (Wildman–Crippen LogP) is 7.70. The standard InChI is InChI=1S/C31H37N3/c1-29(2)10-12-34-13-11-30(3,4)26-17-21(16-25(29)28(26)34)20-8-9-24-22(14-20)15-23(18-31(24,5)6)27(19-32)33-7/h14-17,24H,8-13,18H2,1-6H3. The quantitative estimate of drug-likeness (QED) is 0.323. The van der Waals surface area contributed by atoms with Crippen molar-refractivity contribution in [3.8, 4) is 6.07 Å². The second kappa shape index (κ2) is 7.61. The van der Waals surface area contributed by atoms with Gasteiger partial charge in [0.1, 0.15) is 0 Å². The Bertz CT molecular complexity index is 1180. The SMILES string of the molecule is [C-]#[N+]C(C#N)=C1C=C2C=C(c3cc4c5c(c3)C(C)(C)CCN5CCC4(C)C)CCC2C(C)(C)C1. The zero-order valence-electron chi connectivity index (χ0n) is 21.7. The zero-order chi connectivity index (χ0) is 24.5. The van der Waals surface area contributed by atoms with Crippen LogP contribution in [0.25, 0.3) is 10.4 Å². The summed E-state index contributed by atoms with van der Waals surface area (Å²) in [5.41, 5.74) is 10.2. The molecule has 2 aliphatic carbocycles. The van der Waals surface area contributed by atoms with Crippen LogP contribution in [0.5, 0.6) is 0 Å². The molecule has 0 spiro atoms. The maximum absolute atomic E-state index is 9.50. The van der Waals surface area contributed by atoms with Crippen LogP contribution >= 0.6 is 0 Å². The maximum Gasteiger partial charge on any atom is 0.265 e. The minimum absolute atomic E-state index is 0.0561. The highest BCUT2D eigenvalue weighted by atomic mass is 15.2. The lowest BCUT2D eigenvalue weighted by Gasteiger charge is -2.48. The largest absolute Gasteiger partial charge is 0.371 e. The number of anilines is 1. The van der Waals surface area contributed by atoms with Crippen molar-refractivity contribution < 1.29 is 0 Å². The Hall–Kier alpha value is -2.78. The first-order chi connectivity index (χ1) is 16.0. The highest BCUT2D eigenvalue weighted by Gasteiger charge is 2.41. The van der Waals surface area contributed by atoms with E-state index in [0.29, 0.717) is 5.92 Å². The zero-order valence-corrected chi connectivity index (χ0v) is 21.7. The van der Waals surface area contributed by atoms with E-state index in [2.05, 4.69) is 81.6 Å². The van der Waals surface area contributed by atoms with Crippen LogP contribution < -0.4 is 4.90 Å². The summed E-state index contributed by atoms with van der Waals surface area (Å²) >= 11 is 0. The molecule has 2 aliphatic heterocycles. The summed E-state index contributed by atoms with van der Waals surface area (Å²) in [5, 5.41) is 9.50. The number of hydrogen-bond donors (Lipinski definition) is 0. The molecule has 1 unspecified atom stereocenters. The number of allylic oxidation sites excluding steroid dienone is 6. The van der Waals surface area contributed by atoms with E-state index in [9.17, 15) is 5.26 Å². The van der Waals surface area contributed by atoms with E-state index in [-0.39, 0.29) is 21.9 Å². The first-order valence-corrected chi connectivity index (χ1v) is 12.8. The van der Waals surface area contributed by atoms with Gasteiger partial charge in [-0.15, -0.1) is 0 Å². The van der Waals surface area contributed by atoms with Crippen LogP contribution in [-0.2, 0) is 10.8 Å². The Morgan fingerprint density at radius 2 is 1.65 bits per heavy atom. The van der Waals surface area contributed by atoms with E-state index in [4.69, 9.17) is 6.57 Å². The molecule has 34 heavy (non-hydrogen) atoms. The van der Waals surface area contributed by atoms with Crippen LogP contribution in [0.2, 0.25) is 0 Å². The molecule has 5 rings (SSSR count). The van der Waals surface area contributed by atoms with Crippen LogP contribution in [0.15, 0.2) is 41.1 Å². The highest BCUT2D eigenvalue weighted by molar-refractivity contribution is 5.77. The molecule has 3 heteroatoms. The summed E-state index contributed by atoms with van der Waals surface area (Å²) in [4.78, 5) is 6.16. The second-order valence-electron chi connectivity index (χ2n) is 12.8. The number of hydrogen-bond acceptors (Lipinski definition) is 2. The molecule has 1 aromatic carbocycles. The summed E-state index contributed by atoms with van der Waals surface area (Å²) in [7, 11) is 0. The topological polar surface area (TPSA) is 31.4 Å². The van der Waals surface area contributed by atoms with Gasteiger partial charge in [-0.25, -0.2) is 10.1 Å². The van der Waals surface area contributed by atoms with Crippen LogP contribution in [0, 0.1) is 29.2 Å². The summed E-state index contributed by atoms with van der Waals surface area (Å²) < 4.78 is 0. The molecule has 0 saturated carbocycles. The van der Waals surface area contributed by atoms with Crippen LogP contribution in [0.1, 0.15) is 90.3 Å². The Labute approximate surface area is 205 Å². The number of rotatable bonds is 1. The lowest BCUT2D eigenvalue weighted by Crippen LogP contribution is -2.44. The molecule has 0 aromatic heterocycles. The molecular formula is C31H37N3. The molecule has 1 aromatic rings. The van der Waals surface area contributed by atoms with Crippen LogP contribution in [0.3, 0.4) is 0 Å². The number of fused-ring (bicyclic) bond motifs is 1. The molecule has 4 aliphatic rings. The van der Waals surface area contributed by atoms with Gasteiger partial charge in [-0.3, -0.25) is 0 Å². The van der Waals surface area contributed by atoms with Crippen molar-refractivity contribution in [2.75, 3.05) is 18.0 Å². The number of nitriles is 1. The predicted molar refractivity (Wildman–Crippen MR) is 140 cm³/mol. The smallest absolute Gasteiger partial charge is 0.265 e. The lowest BCUT2D eigenvalue weighted by atomic mass is 9.62. The van der Waals surface area contributed by atoms with Gasteiger partial charge in [-0.1, -0.05) is 53.7 Å². The van der Waals surface area contributed by atoms with Gasteiger partial charge in [0.25, 0.3) is 5.70 Å². The first-order valence-electron chi connectivity index (χ1n) is 12.8. The van der Waals surface area contributed by atoms with Gasteiger partial charge in [0, 0.05) is 18.8 Å². The minimum Gasteiger partial charge on any atom is -0.371 e. The van der Waals surface area contributed by atoms with Crippen molar-refractivity contribution in [1.29, 1.82) is 5.26 Å². The fourth-order valence-corrected chi connectivity index (χ4v) is 6.87. The van der Waals surface area contributed by atoms with Gasteiger partial charge in [-0.2, -0.15) is 0 Å². The third-order valence-electron chi connectivity index (χ3n) is 9.17. The Morgan fingerprint density at radius 1 is 1.03 bits per heavy atom. The van der Waals surface area contributed by atoms with Crippen molar-refractivity contribution in [2.45, 2.75) is 84.5 Å². The Balaban J connectivity index is 1.67. The van der Waals surface area contributed by atoms with Crippen LogP contribution in [0.4, 0.5) is 5.69 Å². The average molecular weight is 452 g/mol. The maximum atomic E-state index is 9.50. The van der Waals surface area contributed by atoms with Crippen molar-refractivity contribution in [3.05, 3.63) is 69.2 Å². The molecule has 0 saturated heterocycles. The van der Waals surface area contributed by atoms with Gasteiger partial charge in [-0.05, 0) is 99.8 Å². The van der Waals surface area contributed by atoms with Crippen LogP contribution in [-0.4, -0.2) is 13.1 Å². The van der Waals surface area contributed by atoms with E-state index in [0.717, 1.165) is 37.9 Å². The molecule has 2 heterocycles. The molecule has 0 amide bonds. The number of nitrogens with zero attached hydrogens (tertiary/aromatic N) is 3. The summed E-state index contributed by atoms with van der Waals surface area (Å²) in [6.45, 7) is 24.0. The van der Waals surface area contributed by atoms with E-state index in [1.54, 1.807) is 0 Å². The Morgan fingerprint density at radius 3 is 2.21 bits per heavy atom. The third kappa shape index (κ3) is 3.53. The van der Waals surface area contributed by atoms with E-state index in [1.165, 1.54) is 46.4 Å². The van der Waals surface area contributed by atoms with Gasteiger partial charge >= 0.3 is 0 Å². The molecule has 3 nitrogen and oxygen atoms in total. The van der Waals surface area contributed by atoms with Crippen molar-refractivity contribution in [3.63, 3.8) is 0 Å². The molecule has 0 bridgehead atoms. The minimum atomic E-state index is 0.0561. The van der Waals surface area contributed by atoms with Gasteiger partial charge in [0.05, 0.1) is 12.6 Å². The fourth-order valence-electron chi connectivity index (χ4n) is 6.87. The van der Waals surface area contributed by atoms with Gasteiger partial charge in [0.15, 0.2) is 0 Å². The molecule has 0 radical (unpaired) electrons. The van der Waals surface area contributed by atoms with Crippen molar-refractivity contribution in [1.82, 2.24) is 0 Å². The second-order valence-corrected chi connectivity index (χ2v) is 12.8. The third-order valence-corrected chi connectivity index (χ3v) is 9.17. The first kappa shape index (κ1) is 23.0. The molecular weight excluding hydrogens is 414 g/mol. The normalized spacial score (nSPS) is 27.3. The summed E-state index contributed by atoms with van der Waals surface area (Å²) in [5.74, 6) is 0.477. The summed E-state index contributed by atoms with van der Waals surface area (Å²) in [6.07, 6.45) is 9.97. The average Bonchev–Trinajstić information content (AvgIpc) is 2.77. The van der Waals surface area contributed by atoms with Gasteiger partial charge in [0.2, 0.25) is 0 Å². The van der Waals surface area contributed by atoms with Gasteiger partial charge < -0.3 is 4.90 Å². The lowest BCUT2D eigenvalue weighted by molar-refractivity contribution is 0.227. The molecule has 0 fully saturated rings. The van der Waals surface area contributed by atoms with E-state index in [1.807, 2.05) is 0 Å². The van der Waals surface area contributed by atoms with Crippen molar-refractivity contribution in [2.24, 2.45) is 11.3 Å². The monoisotopic (exact) mass is 451 g/mol. The fraction of sp³-hybridized carbons (Fsp3) is 0.548. The molecule has 0 N–H and O–H groups in total.